The average Bonchev–Trinajstić information content (AvgIpc) is 2.91. The topological polar surface area (TPSA) is 43.1 Å². The first-order valence-electron chi connectivity index (χ1n) is 6.20. The van der Waals surface area contributed by atoms with Gasteiger partial charge in [0.1, 0.15) is 0 Å². The summed E-state index contributed by atoms with van der Waals surface area (Å²) >= 11 is 0. The van der Waals surface area contributed by atoms with E-state index in [2.05, 4.69) is 26.0 Å². The molecule has 2 aliphatic carbocycles. The maximum Gasteiger partial charge on any atom is 0.273 e. The molecular weight excluding hydrogens is 226 g/mol. The Hall–Kier alpha value is -1.90. The van der Waals surface area contributed by atoms with Crippen molar-refractivity contribution in [3.05, 3.63) is 63.2 Å². The minimum atomic E-state index is -0.277. The van der Waals surface area contributed by atoms with E-state index in [0.29, 0.717) is 11.8 Å². The Labute approximate surface area is 106 Å². The van der Waals surface area contributed by atoms with Crippen LogP contribution in [0.2, 0.25) is 0 Å². The van der Waals surface area contributed by atoms with Crippen LogP contribution in [0.15, 0.2) is 47.6 Å². The molecule has 1 fully saturated rings. The highest BCUT2D eigenvalue weighted by atomic mass is 16.6. The normalized spacial score (nSPS) is 28.1. The van der Waals surface area contributed by atoms with Gasteiger partial charge in [0.25, 0.3) is 5.69 Å². The number of fused-ring (bicyclic) bond motifs is 1. The van der Waals surface area contributed by atoms with Crippen LogP contribution in [-0.4, -0.2) is 4.92 Å². The molecule has 0 aromatic heterocycles. The summed E-state index contributed by atoms with van der Waals surface area (Å²) in [6.45, 7) is 4.25. The van der Waals surface area contributed by atoms with Crippen LogP contribution in [0.25, 0.3) is 0 Å². The number of nitro benzene ring substituents is 1. The first-order valence-corrected chi connectivity index (χ1v) is 6.20. The Balaban J connectivity index is 2.01. The van der Waals surface area contributed by atoms with Gasteiger partial charge in [-0.15, -0.1) is 0 Å². The van der Waals surface area contributed by atoms with E-state index in [4.69, 9.17) is 0 Å². The fourth-order valence-electron chi connectivity index (χ4n) is 3.20. The lowest BCUT2D eigenvalue weighted by Crippen LogP contribution is -2.01. The zero-order valence-corrected chi connectivity index (χ0v) is 10.5. The zero-order chi connectivity index (χ0) is 12.9. The monoisotopic (exact) mass is 241 g/mol. The Kier molecular flexibility index (Phi) is 2.37. The third-order valence-electron chi connectivity index (χ3n) is 3.98. The van der Waals surface area contributed by atoms with E-state index in [1.54, 1.807) is 12.1 Å². The summed E-state index contributed by atoms with van der Waals surface area (Å²) in [4.78, 5) is 10.8. The molecule has 1 aromatic carbocycles. The highest BCUT2D eigenvalue weighted by Gasteiger charge is 2.52. The number of hydrogen-bond acceptors (Lipinski definition) is 2. The number of benzene rings is 1. The fraction of sp³-hybridized carbons (Fsp3) is 0.333. The quantitative estimate of drug-likeness (QED) is 0.448. The number of hydrogen-bond donors (Lipinski definition) is 0. The summed E-state index contributed by atoms with van der Waals surface area (Å²) in [5.74, 6) is 1.18. The van der Waals surface area contributed by atoms with Crippen LogP contribution < -0.4 is 0 Å². The number of nitrogens with zero attached hydrogens (tertiary/aromatic N) is 1. The standard InChI is InChI=1S/C15H15NO2/c1-9(2)14-12-8-7-11(15(12)14)10-5-3-4-6-13(10)16(17)18/h3-8,11-12,15H,1-2H3. The second-order valence-corrected chi connectivity index (χ2v) is 5.23. The second kappa shape index (κ2) is 3.80. The number of rotatable bonds is 2. The van der Waals surface area contributed by atoms with Crippen molar-refractivity contribution in [2.24, 2.45) is 11.8 Å². The molecule has 1 aromatic rings. The smallest absolute Gasteiger partial charge is 0.258 e. The minimum absolute atomic E-state index is 0.182. The molecule has 3 unspecified atom stereocenters. The molecule has 0 aliphatic heterocycles. The van der Waals surface area contributed by atoms with Gasteiger partial charge in [-0.25, -0.2) is 0 Å². The van der Waals surface area contributed by atoms with Crippen molar-refractivity contribution in [3.8, 4) is 0 Å². The van der Waals surface area contributed by atoms with E-state index < -0.39 is 0 Å². The molecule has 3 rings (SSSR count). The van der Waals surface area contributed by atoms with E-state index in [1.165, 1.54) is 11.1 Å². The van der Waals surface area contributed by atoms with Crippen molar-refractivity contribution in [1.82, 2.24) is 0 Å². The summed E-state index contributed by atoms with van der Waals surface area (Å²) in [5.41, 5.74) is 3.92. The molecule has 2 aliphatic rings. The lowest BCUT2D eigenvalue weighted by molar-refractivity contribution is -0.385. The molecule has 0 radical (unpaired) electrons. The molecule has 3 nitrogen and oxygen atoms in total. The number of allylic oxidation sites excluding steroid dienone is 4. The first-order chi connectivity index (χ1) is 8.61. The SMILES string of the molecule is CC(C)=C1C2C=CC(c3ccccc3[N+](=O)[O-])C12. The van der Waals surface area contributed by atoms with Crippen LogP contribution in [-0.2, 0) is 0 Å². The molecule has 3 heteroatoms. The predicted molar refractivity (Wildman–Crippen MR) is 70.3 cm³/mol. The van der Waals surface area contributed by atoms with Gasteiger partial charge in [0.2, 0.25) is 0 Å². The van der Waals surface area contributed by atoms with E-state index in [-0.39, 0.29) is 16.5 Å². The van der Waals surface area contributed by atoms with E-state index in [0.717, 1.165) is 5.56 Å². The first kappa shape index (κ1) is 11.2. The van der Waals surface area contributed by atoms with E-state index in [9.17, 15) is 10.1 Å². The maximum absolute atomic E-state index is 11.1. The van der Waals surface area contributed by atoms with Gasteiger partial charge in [-0.3, -0.25) is 10.1 Å². The van der Waals surface area contributed by atoms with E-state index in [1.807, 2.05) is 12.1 Å². The minimum Gasteiger partial charge on any atom is -0.258 e. The fourth-order valence-corrected chi connectivity index (χ4v) is 3.20. The van der Waals surface area contributed by atoms with Gasteiger partial charge >= 0.3 is 0 Å². The van der Waals surface area contributed by atoms with Gasteiger partial charge in [0.15, 0.2) is 0 Å². The van der Waals surface area contributed by atoms with Gasteiger partial charge in [-0.2, -0.15) is 0 Å². The van der Waals surface area contributed by atoms with Crippen molar-refractivity contribution in [3.63, 3.8) is 0 Å². The number of nitro groups is 1. The summed E-state index contributed by atoms with van der Waals surface area (Å²) in [6, 6.07) is 7.10. The van der Waals surface area contributed by atoms with Gasteiger partial charge < -0.3 is 0 Å². The molecule has 0 amide bonds. The predicted octanol–water partition coefficient (Wildman–Crippen LogP) is 3.83. The van der Waals surface area contributed by atoms with Crippen LogP contribution in [0.4, 0.5) is 5.69 Å². The van der Waals surface area contributed by atoms with Crippen LogP contribution in [0, 0.1) is 22.0 Å². The van der Waals surface area contributed by atoms with Crippen molar-refractivity contribution in [1.29, 1.82) is 0 Å². The molecule has 92 valence electrons. The summed E-state index contributed by atoms with van der Waals surface area (Å²) in [5, 5.41) is 11.1. The summed E-state index contributed by atoms with van der Waals surface area (Å²) in [7, 11) is 0. The highest BCUT2D eigenvalue weighted by Crippen LogP contribution is 2.61. The van der Waals surface area contributed by atoms with E-state index >= 15 is 0 Å². The lowest BCUT2D eigenvalue weighted by atomic mass is 9.93. The van der Waals surface area contributed by atoms with Crippen LogP contribution in [0.5, 0.6) is 0 Å². The van der Waals surface area contributed by atoms with Crippen molar-refractivity contribution in [2.45, 2.75) is 19.8 Å². The second-order valence-electron chi connectivity index (χ2n) is 5.23. The molecule has 0 bridgehead atoms. The zero-order valence-electron chi connectivity index (χ0n) is 10.5. The largest absolute Gasteiger partial charge is 0.273 e. The Bertz CT molecular complexity index is 582. The molecular formula is C15H15NO2. The number of para-hydroxylation sites is 1. The van der Waals surface area contributed by atoms with Crippen molar-refractivity contribution < 1.29 is 4.92 Å². The van der Waals surface area contributed by atoms with Gasteiger partial charge in [-0.1, -0.05) is 41.5 Å². The van der Waals surface area contributed by atoms with Crippen molar-refractivity contribution in [2.75, 3.05) is 0 Å². The lowest BCUT2D eigenvalue weighted by Gasteiger charge is -2.10. The van der Waals surface area contributed by atoms with Gasteiger partial charge in [-0.05, 0) is 13.8 Å². The van der Waals surface area contributed by atoms with Crippen LogP contribution in [0.3, 0.4) is 0 Å². The maximum atomic E-state index is 11.1. The molecule has 0 N–H and O–H groups in total. The summed E-state index contributed by atoms with van der Waals surface area (Å²) < 4.78 is 0. The Morgan fingerprint density at radius 1 is 1.17 bits per heavy atom. The highest BCUT2D eigenvalue weighted by molar-refractivity contribution is 5.54. The molecule has 0 spiro atoms. The van der Waals surface area contributed by atoms with Crippen LogP contribution >= 0.6 is 0 Å². The Morgan fingerprint density at radius 2 is 1.83 bits per heavy atom. The van der Waals surface area contributed by atoms with Gasteiger partial charge in [0.05, 0.1) is 4.92 Å². The third-order valence-corrected chi connectivity index (χ3v) is 3.98. The Morgan fingerprint density at radius 3 is 2.44 bits per heavy atom. The van der Waals surface area contributed by atoms with Crippen molar-refractivity contribution >= 4 is 5.69 Å². The molecule has 18 heavy (non-hydrogen) atoms. The summed E-state index contributed by atoms with van der Waals surface area (Å²) in [6.07, 6.45) is 4.33. The molecule has 3 atom stereocenters. The average molecular weight is 241 g/mol. The van der Waals surface area contributed by atoms with Gasteiger partial charge in [0, 0.05) is 29.4 Å². The molecule has 0 saturated heterocycles. The van der Waals surface area contributed by atoms with Crippen LogP contribution in [0.1, 0.15) is 25.3 Å². The molecule has 0 heterocycles. The molecule has 1 saturated carbocycles. The third kappa shape index (κ3) is 1.50.